The van der Waals surface area contributed by atoms with Crippen molar-refractivity contribution in [2.75, 3.05) is 39.8 Å². The molecule has 0 amide bonds. The lowest BCUT2D eigenvalue weighted by Crippen LogP contribution is -2.28. The van der Waals surface area contributed by atoms with Crippen molar-refractivity contribution in [3.8, 4) is 5.75 Å². The maximum Gasteiger partial charge on any atom is 0.133 e. The summed E-state index contributed by atoms with van der Waals surface area (Å²) in [4.78, 5) is 2.46. The Kier molecular flexibility index (Phi) is 8.22. The first-order valence-corrected chi connectivity index (χ1v) is 7.81. The lowest BCUT2D eigenvalue weighted by Gasteiger charge is -2.16. The third-order valence-corrected chi connectivity index (χ3v) is 4.28. The first kappa shape index (κ1) is 18.1. The topological polar surface area (TPSA) is 24.5 Å². The third-order valence-electron chi connectivity index (χ3n) is 3.42. The highest BCUT2D eigenvalue weighted by atomic mass is 79.9. The summed E-state index contributed by atoms with van der Waals surface area (Å²) in [5.74, 6) is 1.64. The van der Waals surface area contributed by atoms with E-state index in [1.54, 1.807) is 0 Å². The van der Waals surface area contributed by atoms with Gasteiger partial charge in [0.25, 0.3) is 0 Å². The zero-order chi connectivity index (χ0) is 13.7. The van der Waals surface area contributed by atoms with Gasteiger partial charge in [0.1, 0.15) is 12.4 Å². The van der Waals surface area contributed by atoms with E-state index in [1.807, 2.05) is 25.2 Å². The molecule has 6 heteroatoms. The van der Waals surface area contributed by atoms with Crippen LogP contribution in [0.5, 0.6) is 5.75 Å². The Labute approximate surface area is 140 Å². The number of benzene rings is 1. The average Bonchev–Trinajstić information content (AvgIpc) is 2.80. The summed E-state index contributed by atoms with van der Waals surface area (Å²) in [6.45, 7) is 5.16. The molecule has 1 fully saturated rings. The van der Waals surface area contributed by atoms with Gasteiger partial charge in [0, 0.05) is 18.1 Å². The van der Waals surface area contributed by atoms with Gasteiger partial charge in [0.05, 0.1) is 4.47 Å². The van der Waals surface area contributed by atoms with Crippen molar-refractivity contribution < 1.29 is 4.74 Å². The summed E-state index contributed by atoms with van der Waals surface area (Å²) in [5.41, 5.74) is 0. The highest BCUT2D eigenvalue weighted by Gasteiger charge is 2.21. The van der Waals surface area contributed by atoms with Crippen molar-refractivity contribution in [2.24, 2.45) is 5.92 Å². The molecule has 0 bridgehead atoms. The molecule has 1 aromatic carbocycles. The number of ether oxygens (including phenoxy) is 1. The first-order chi connectivity index (χ1) is 9.19. The molecule has 0 aromatic heterocycles. The second-order valence-electron chi connectivity index (χ2n) is 4.94. The fraction of sp³-hybridized carbons (Fsp3) is 0.571. The molecule has 1 aliphatic heterocycles. The smallest absolute Gasteiger partial charge is 0.133 e. The summed E-state index contributed by atoms with van der Waals surface area (Å²) in [6.07, 6.45) is 1.28. The van der Waals surface area contributed by atoms with Gasteiger partial charge in [-0.3, -0.25) is 4.90 Å². The normalized spacial score (nSPS) is 18.9. The van der Waals surface area contributed by atoms with Crippen LogP contribution in [0.2, 0.25) is 5.02 Å². The van der Waals surface area contributed by atoms with E-state index in [0.29, 0.717) is 11.6 Å². The molecule has 1 unspecified atom stereocenters. The Morgan fingerprint density at radius 3 is 3.00 bits per heavy atom. The SMILES string of the molecule is CNCC1CCN(CCOc2ccc(Cl)cc2Br)C1.Cl. The molecule has 1 aliphatic rings. The predicted molar refractivity (Wildman–Crippen MR) is 90.4 cm³/mol. The van der Waals surface area contributed by atoms with Crippen LogP contribution in [0.25, 0.3) is 0 Å². The van der Waals surface area contributed by atoms with Crippen molar-refractivity contribution in [1.29, 1.82) is 0 Å². The van der Waals surface area contributed by atoms with Crippen LogP contribution in [0.15, 0.2) is 22.7 Å². The van der Waals surface area contributed by atoms with Crippen molar-refractivity contribution >= 4 is 39.9 Å². The molecular formula is C14H21BrCl2N2O. The summed E-state index contributed by atoms with van der Waals surface area (Å²) >= 11 is 9.36. The highest BCUT2D eigenvalue weighted by Crippen LogP contribution is 2.28. The van der Waals surface area contributed by atoms with Crippen molar-refractivity contribution in [3.63, 3.8) is 0 Å². The van der Waals surface area contributed by atoms with E-state index in [1.165, 1.54) is 19.5 Å². The van der Waals surface area contributed by atoms with Gasteiger partial charge < -0.3 is 10.1 Å². The maximum atomic E-state index is 5.90. The van der Waals surface area contributed by atoms with Gasteiger partial charge in [-0.25, -0.2) is 0 Å². The molecule has 0 aliphatic carbocycles. The number of halogens is 3. The minimum atomic E-state index is 0. The van der Waals surface area contributed by atoms with Crippen LogP contribution in [-0.4, -0.2) is 44.7 Å². The molecule has 114 valence electrons. The number of likely N-dealkylation sites (tertiary alicyclic amines) is 1. The average molecular weight is 384 g/mol. The second kappa shape index (κ2) is 9.11. The molecular weight excluding hydrogens is 363 g/mol. The van der Waals surface area contributed by atoms with E-state index in [2.05, 4.69) is 26.1 Å². The van der Waals surface area contributed by atoms with Gasteiger partial charge in [0.2, 0.25) is 0 Å². The van der Waals surface area contributed by atoms with Gasteiger partial charge >= 0.3 is 0 Å². The van der Waals surface area contributed by atoms with E-state index in [0.717, 1.165) is 29.2 Å². The van der Waals surface area contributed by atoms with Crippen molar-refractivity contribution in [1.82, 2.24) is 10.2 Å². The Morgan fingerprint density at radius 1 is 1.50 bits per heavy atom. The van der Waals surface area contributed by atoms with E-state index in [4.69, 9.17) is 16.3 Å². The van der Waals surface area contributed by atoms with Crippen LogP contribution in [0, 0.1) is 5.92 Å². The molecule has 20 heavy (non-hydrogen) atoms. The van der Waals surface area contributed by atoms with Crippen LogP contribution in [-0.2, 0) is 0 Å². The second-order valence-corrected chi connectivity index (χ2v) is 6.23. The molecule has 1 aromatic rings. The Bertz CT molecular complexity index is 420. The lowest BCUT2D eigenvalue weighted by molar-refractivity contribution is 0.232. The van der Waals surface area contributed by atoms with Crippen LogP contribution >= 0.6 is 39.9 Å². The van der Waals surface area contributed by atoms with Gasteiger partial charge in [0.15, 0.2) is 0 Å². The summed E-state index contributed by atoms with van der Waals surface area (Å²) in [5, 5.41) is 3.96. The minimum absolute atomic E-state index is 0. The molecule has 3 nitrogen and oxygen atoms in total. The summed E-state index contributed by atoms with van der Waals surface area (Å²) < 4.78 is 6.70. The van der Waals surface area contributed by atoms with Crippen LogP contribution in [0.1, 0.15) is 6.42 Å². The molecule has 1 saturated heterocycles. The zero-order valence-corrected chi connectivity index (χ0v) is 14.7. The van der Waals surface area contributed by atoms with E-state index in [9.17, 15) is 0 Å². The maximum absolute atomic E-state index is 5.90. The molecule has 1 heterocycles. The predicted octanol–water partition coefficient (Wildman–Crippen LogP) is 3.44. The van der Waals surface area contributed by atoms with Gasteiger partial charge in [-0.15, -0.1) is 12.4 Å². The number of hydrogen-bond acceptors (Lipinski definition) is 3. The van der Waals surface area contributed by atoms with E-state index < -0.39 is 0 Å². The Hall–Kier alpha value is -0.0000000000000000555. The zero-order valence-electron chi connectivity index (χ0n) is 11.6. The van der Waals surface area contributed by atoms with Crippen LogP contribution in [0.4, 0.5) is 0 Å². The molecule has 0 radical (unpaired) electrons. The standard InChI is InChI=1S/C14H20BrClN2O.ClH/c1-17-9-11-4-5-18(10-11)6-7-19-14-3-2-12(16)8-13(14)15;/h2-3,8,11,17H,4-7,9-10H2,1H3;1H. The highest BCUT2D eigenvalue weighted by molar-refractivity contribution is 9.10. The van der Waals surface area contributed by atoms with E-state index >= 15 is 0 Å². The van der Waals surface area contributed by atoms with Gasteiger partial charge in [-0.05, 0) is 66.6 Å². The molecule has 0 saturated carbocycles. The Balaban J connectivity index is 0.00000200. The van der Waals surface area contributed by atoms with Gasteiger partial charge in [-0.2, -0.15) is 0 Å². The first-order valence-electron chi connectivity index (χ1n) is 6.64. The van der Waals surface area contributed by atoms with Crippen LogP contribution in [0.3, 0.4) is 0 Å². The minimum Gasteiger partial charge on any atom is -0.491 e. The van der Waals surface area contributed by atoms with Crippen molar-refractivity contribution in [3.05, 3.63) is 27.7 Å². The van der Waals surface area contributed by atoms with E-state index in [-0.39, 0.29) is 12.4 Å². The third kappa shape index (κ3) is 5.41. The summed E-state index contributed by atoms with van der Waals surface area (Å²) in [7, 11) is 2.02. The number of nitrogens with one attached hydrogen (secondary N) is 1. The number of rotatable bonds is 6. The summed E-state index contributed by atoms with van der Waals surface area (Å²) in [6, 6.07) is 5.61. The van der Waals surface area contributed by atoms with Gasteiger partial charge in [-0.1, -0.05) is 11.6 Å². The fourth-order valence-corrected chi connectivity index (χ4v) is 3.25. The van der Waals surface area contributed by atoms with Crippen molar-refractivity contribution in [2.45, 2.75) is 6.42 Å². The monoisotopic (exact) mass is 382 g/mol. The molecule has 1 atom stereocenters. The lowest BCUT2D eigenvalue weighted by atomic mass is 10.1. The number of hydrogen-bond donors (Lipinski definition) is 1. The molecule has 1 N–H and O–H groups in total. The largest absolute Gasteiger partial charge is 0.491 e. The molecule has 0 spiro atoms. The number of nitrogens with zero attached hydrogens (tertiary/aromatic N) is 1. The fourth-order valence-electron chi connectivity index (χ4n) is 2.45. The molecule has 2 rings (SSSR count). The quantitative estimate of drug-likeness (QED) is 0.814. The Morgan fingerprint density at radius 2 is 2.30 bits per heavy atom. The van der Waals surface area contributed by atoms with Crippen LogP contribution < -0.4 is 10.1 Å².